The molecule has 1 N–H and O–H groups in total. The highest BCUT2D eigenvalue weighted by Crippen LogP contribution is 2.24. The molecule has 1 rings (SSSR count). The predicted octanol–water partition coefficient (Wildman–Crippen LogP) is 3.05. The zero-order valence-corrected chi connectivity index (χ0v) is 11.8. The number of carboxylic acids is 1. The summed E-state index contributed by atoms with van der Waals surface area (Å²) in [5.74, 6) is -1.05. The number of carboxylic acid groups (broad SMARTS) is 1. The van der Waals surface area contributed by atoms with Crippen molar-refractivity contribution in [3.8, 4) is 0 Å². The molecule has 0 radical (unpaired) electrons. The Bertz CT molecular complexity index is 354. The van der Waals surface area contributed by atoms with Gasteiger partial charge in [-0.15, -0.1) is 11.3 Å². The highest BCUT2D eigenvalue weighted by molar-refractivity contribution is 9.10. The summed E-state index contributed by atoms with van der Waals surface area (Å²) in [5.41, 5.74) is 0. The lowest BCUT2D eigenvalue weighted by Gasteiger charge is -2.21. The number of aliphatic carboxylic acids is 1. The Hall–Kier alpha value is -0.390. The van der Waals surface area contributed by atoms with E-state index in [2.05, 4.69) is 27.8 Å². The topological polar surface area (TPSA) is 40.5 Å². The fourth-order valence-corrected chi connectivity index (χ4v) is 2.93. The summed E-state index contributed by atoms with van der Waals surface area (Å²) in [6, 6.07) is 2.02. The SMILES string of the molecule is CCN(Cc1sccc1Br)CC(C)C(=O)O. The molecule has 0 saturated heterocycles. The van der Waals surface area contributed by atoms with Crippen molar-refractivity contribution in [2.75, 3.05) is 13.1 Å². The molecular formula is C11H16BrNO2S. The lowest BCUT2D eigenvalue weighted by Crippen LogP contribution is -2.31. The van der Waals surface area contributed by atoms with Crippen LogP contribution in [0.25, 0.3) is 0 Å². The number of nitrogens with zero attached hydrogens (tertiary/aromatic N) is 1. The van der Waals surface area contributed by atoms with Gasteiger partial charge in [0.1, 0.15) is 0 Å². The maximum absolute atomic E-state index is 10.8. The minimum absolute atomic E-state index is 0.321. The van der Waals surface area contributed by atoms with Crippen molar-refractivity contribution in [2.45, 2.75) is 20.4 Å². The molecule has 1 aromatic rings. The minimum Gasteiger partial charge on any atom is -0.481 e. The fraction of sp³-hybridized carbons (Fsp3) is 0.545. The van der Waals surface area contributed by atoms with Gasteiger partial charge in [0.05, 0.1) is 5.92 Å². The van der Waals surface area contributed by atoms with Crippen molar-refractivity contribution < 1.29 is 9.90 Å². The van der Waals surface area contributed by atoms with E-state index in [1.54, 1.807) is 18.3 Å². The smallest absolute Gasteiger partial charge is 0.307 e. The third-order valence-corrected chi connectivity index (χ3v) is 4.37. The van der Waals surface area contributed by atoms with Gasteiger partial charge in [0.2, 0.25) is 0 Å². The van der Waals surface area contributed by atoms with Gasteiger partial charge >= 0.3 is 5.97 Å². The van der Waals surface area contributed by atoms with Gasteiger partial charge in [-0.1, -0.05) is 13.8 Å². The first kappa shape index (κ1) is 13.7. The summed E-state index contributed by atoms with van der Waals surface area (Å²) < 4.78 is 1.11. The normalized spacial score (nSPS) is 13.0. The molecule has 1 aromatic heterocycles. The lowest BCUT2D eigenvalue weighted by molar-refractivity contribution is -0.141. The van der Waals surface area contributed by atoms with Gasteiger partial charge in [0.15, 0.2) is 0 Å². The van der Waals surface area contributed by atoms with Crippen LogP contribution in [0, 0.1) is 5.92 Å². The summed E-state index contributed by atoms with van der Waals surface area (Å²) in [6.07, 6.45) is 0. The molecule has 16 heavy (non-hydrogen) atoms. The first-order valence-corrected chi connectivity index (χ1v) is 6.88. The van der Waals surface area contributed by atoms with E-state index in [9.17, 15) is 4.79 Å². The second kappa shape index (κ2) is 6.37. The average Bonchev–Trinajstić information content (AvgIpc) is 2.63. The van der Waals surface area contributed by atoms with Crippen LogP contribution in [0.2, 0.25) is 0 Å². The highest BCUT2D eigenvalue weighted by Gasteiger charge is 2.16. The summed E-state index contributed by atoms with van der Waals surface area (Å²) >= 11 is 5.18. The van der Waals surface area contributed by atoms with Crippen LogP contribution in [-0.4, -0.2) is 29.1 Å². The minimum atomic E-state index is -0.733. The Morgan fingerprint density at radius 1 is 1.69 bits per heavy atom. The molecule has 0 aliphatic heterocycles. The standard InChI is InChI=1S/C11H16BrNO2S/c1-3-13(6-8(2)11(14)15)7-10-9(12)4-5-16-10/h4-5,8H,3,6-7H2,1-2H3,(H,14,15). The summed E-state index contributed by atoms with van der Waals surface area (Å²) in [4.78, 5) is 14.2. The third kappa shape index (κ3) is 3.88. The van der Waals surface area contributed by atoms with Gasteiger partial charge in [-0.25, -0.2) is 0 Å². The lowest BCUT2D eigenvalue weighted by atomic mass is 10.1. The molecule has 0 aliphatic rings. The first-order chi connectivity index (χ1) is 7.54. The molecule has 5 heteroatoms. The molecular weight excluding hydrogens is 290 g/mol. The van der Waals surface area contributed by atoms with Crippen LogP contribution in [0.4, 0.5) is 0 Å². The number of hydrogen-bond acceptors (Lipinski definition) is 3. The monoisotopic (exact) mass is 305 g/mol. The van der Waals surface area contributed by atoms with Crippen LogP contribution >= 0.6 is 27.3 Å². The Morgan fingerprint density at radius 2 is 2.38 bits per heavy atom. The van der Waals surface area contributed by atoms with Crippen LogP contribution in [0.15, 0.2) is 15.9 Å². The van der Waals surface area contributed by atoms with Gasteiger partial charge < -0.3 is 5.11 Å². The molecule has 0 amide bonds. The van der Waals surface area contributed by atoms with Crippen LogP contribution in [-0.2, 0) is 11.3 Å². The van der Waals surface area contributed by atoms with Crippen molar-refractivity contribution in [3.05, 3.63) is 20.8 Å². The second-order valence-corrected chi connectivity index (χ2v) is 5.61. The highest BCUT2D eigenvalue weighted by atomic mass is 79.9. The summed E-state index contributed by atoms with van der Waals surface area (Å²) in [7, 11) is 0. The molecule has 1 atom stereocenters. The van der Waals surface area contributed by atoms with E-state index < -0.39 is 5.97 Å². The van der Waals surface area contributed by atoms with Crippen molar-refractivity contribution >= 4 is 33.2 Å². The van der Waals surface area contributed by atoms with Gasteiger partial charge in [-0.3, -0.25) is 9.69 Å². The Balaban J connectivity index is 2.56. The molecule has 0 aromatic carbocycles. The molecule has 0 saturated carbocycles. The maximum Gasteiger partial charge on any atom is 0.307 e. The molecule has 1 unspecified atom stereocenters. The molecule has 0 fully saturated rings. The van der Waals surface area contributed by atoms with Crippen molar-refractivity contribution in [2.24, 2.45) is 5.92 Å². The Morgan fingerprint density at radius 3 is 2.81 bits per heavy atom. The van der Waals surface area contributed by atoms with Crippen molar-refractivity contribution in [1.29, 1.82) is 0 Å². The molecule has 3 nitrogen and oxygen atoms in total. The second-order valence-electron chi connectivity index (χ2n) is 3.76. The molecule has 0 spiro atoms. The van der Waals surface area contributed by atoms with E-state index in [4.69, 9.17) is 5.11 Å². The van der Waals surface area contributed by atoms with Gasteiger partial charge in [-0.2, -0.15) is 0 Å². The van der Waals surface area contributed by atoms with E-state index in [0.717, 1.165) is 17.6 Å². The maximum atomic E-state index is 10.8. The van der Waals surface area contributed by atoms with Crippen LogP contribution in [0.1, 0.15) is 18.7 Å². The molecule has 0 bridgehead atoms. The van der Waals surface area contributed by atoms with E-state index in [1.807, 2.05) is 11.4 Å². The van der Waals surface area contributed by atoms with Crippen LogP contribution in [0.3, 0.4) is 0 Å². The number of hydrogen-bond donors (Lipinski definition) is 1. The zero-order chi connectivity index (χ0) is 12.1. The van der Waals surface area contributed by atoms with Crippen molar-refractivity contribution in [1.82, 2.24) is 4.90 Å². The van der Waals surface area contributed by atoms with E-state index in [1.165, 1.54) is 4.88 Å². The van der Waals surface area contributed by atoms with Gasteiger partial charge in [0, 0.05) is 22.4 Å². The van der Waals surface area contributed by atoms with Crippen molar-refractivity contribution in [3.63, 3.8) is 0 Å². The summed E-state index contributed by atoms with van der Waals surface area (Å²) in [6.45, 7) is 6.06. The Kier molecular flexibility index (Phi) is 5.44. The summed E-state index contributed by atoms with van der Waals surface area (Å²) in [5, 5.41) is 10.9. The Labute approximate surface area is 108 Å². The van der Waals surface area contributed by atoms with Gasteiger partial charge in [0.25, 0.3) is 0 Å². The first-order valence-electron chi connectivity index (χ1n) is 5.21. The quantitative estimate of drug-likeness (QED) is 0.878. The van der Waals surface area contributed by atoms with Gasteiger partial charge in [-0.05, 0) is 33.9 Å². The molecule has 1 heterocycles. The predicted molar refractivity (Wildman–Crippen MR) is 69.8 cm³/mol. The number of rotatable bonds is 6. The van der Waals surface area contributed by atoms with Crippen LogP contribution in [0.5, 0.6) is 0 Å². The zero-order valence-electron chi connectivity index (χ0n) is 9.44. The average molecular weight is 306 g/mol. The third-order valence-electron chi connectivity index (χ3n) is 2.46. The molecule has 0 aliphatic carbocycles. The largest absolute Gasteiger partial charge is 0.481 e. The molecule has 90 valence electrons. The van der Waals surface area contributed by atoms with Crippen LogP contribution < -0.4 is 0 Å². The number of thiophene rings is 1. The number of carbonyl (C=O) groups is 1. The fourth-order valence-electron chi connectivity index (χ4n) is 1.41. The van der Waals surface area contributed by atoms with E-state index in [-0.39, 0.29) is 5.92 Å². The van der Waals surface area contributed by atoms with E-state index >= 15 is 0 Å². The van der Waals surface area contributed by atoms with E-state index in [0.29, 0.717) is 6.54 Å². The number of halogens is 1.